The van der Waals surface area contributed by atoms with Gasteiger partial charge in [-0.1, -0.05) is 24.3 Å². The maximum atomic E-state index is 11.8. The Kier molecular flexibility index (Phi) is 6.72. The van der Waals surface area contributed by atoms with Crippen LogP contribution >= 0.6 is 15.9 Å². The summed E-state index contributed by atoms with van der Waals surface area (Å²) >= 11 is 3.24. The van der Waals surface area contributed by atoms with Crippen LogP contribution in [0.2, 0.25) is 0 Å². The first-order chi connectivity index (χ1) is 12.8. The minimum absolute atomic E-state index is 0.0781. The molecule has 26 heavy (non-hydrogen) atoms. The summed E-state index contributed by atoms with van der Waals surface area (Å²) < 4.78 is 18.5. The highest BCUT2D eigenvalue weighted by Crippen LogP contribution is 2.31. The molecule has 0 saturated heterocycles. The predicted octanol–water partition coefficient (Wildman–Crippen LogP) is 0.677. The fraction of sp³-hybridized carbons (Fsp3) is 0.312. The second-order valence-corrected chi connectivity index (χ2v) is 6.08. The first-order valence-electron chi connectivity index (χ1n) is 8.02. The van der Waals surface area contributed by atoms with Gasteiger partial charge in [0.2, 0.25) is 0 Å². The Morgan fingerprint density at radius 2 is 2.27 bits per heavy atom. The van der Waals surface area contributed by atoms with E-state index in [4.69, 9.17) is 16.7 Å². The van der Waals surface area contributed by atoms with Crippen LogP contribution in [0, 0.1) is 0 Å². The van der Waals surface area contributed by atoms with Crippen LogP contribution < -0.4 is 16.5 Å². The van der Waals surface area contributed by atoms with Gasteiger partial charge in [-0.05, 0) is 34.5 Å². The van der Waals surface area contributed by atoms with E-state index in [1.165, 1.54) is 6.92 Å². The van der Waals surface area contributed by atoms with Crippen LogP contribution in [0.15, 0.2) is 34.9 Å². The number of halogens is 1. The van der Waals surface area contributed by atoms with Crippen molar-refractivity contribution in [3.8, 4) is 0 Å². The Labute approximate surface area is 159 Å². The number of benzene rings is 1. The summed E-state index contributed by atoms with van der Waals surface area (Å²) in [4.78, 5) is 39.5. The molecule has 1 aromatic carbocycles. The number of rotatable bonds is 8. The zero-order valence-corrected chi connectivity index (χ0v) is 15.3. The lowest BCUT2D eigenvalue weighted by molar-refractivity contribution is -0.160. The molecule has 0 radical (unpaired) electrons. The van der Waals surface area contributed by atoms with Gasteiger partial charge in [0.1, 0.15) is 16.8 Å². The van der Waals surface area contributed by atoms with Gasteiger partial charge in [-0.25, -0.2) is 4.79 Å². The second-order valence-electron chi connectivity index (χ2n) is 5.22. The molecule has 9 nitrogen and oxygen atoms in total. The molecule has 0 fully saturated rings. The van der Waals surface area contributed by atoms with Gasteiger partial charge < -0.3 is 15.2 Å². The molecule has 0 amide bonds. The highest BCUT2D eigenvalue weighted by atomic mass is 79.9. The van der Waals surface area contributed by atoms with E-state index in [1.807, 2.05) is 0 Å². The molecule has 1 heterocycles. The minimum atomic E-state index is -2.12. The van der Waals surface area contributed by atoms with E-state index in [0.29, 0.717) is 10.2 Å². The standard InChI is InChI=1S/C16H18BrN3O6/c1-9(18)16(23)25-14(22)7-19-15(24-8-21)11-5-3-2-4-10(11)12-6-13(17)20-26-12/h2-6,8-9,12,15,19-20H,7,18H2,1H3/t9-,12?,15?/m0/s1/i15D. The molecular weight excluding hydrogens is 410 g/mol. The molecule has 10 heteroatoms. The Hall–Kier alpha value is -2.27. The Balaban J connectivity index is 2.22. The van der Waals surface area contributed by atoms with Crippen LogP contribution in [0.3, 0.4) is 0 Å². The van der Waals surface area contributed by atoms with Crippen molar-refractivity contribution in [1.29, 1.82) is 0 Å². The van der Waals surface area contributed by atoms with E-state index in [1.54, 1.807) is 30.3 Å². The molecule has 0 aliphatic carbocycles. The van der Waals surface area contributed by atoms with E-state index in [-0.39, 0.29) is 12.0 Å². The number of carbonyl (C=O) groups excluding carboxylic acids is 3. The minimum Gasteiger partial charge on any atom is -0.444 e. The number of hydroxylamine groups is 1. The van der Waals surface area contributed by atoms with E-state index < -0.39 is 36.8 Å². The van der Waals surface area contributed by atoms with E-state index in [0.717, 1.165) is 0 Å². The Bertz CT molecular complexity index is 759. The van der Waals surface area contributed by atoms with Crippen molar-refractivity contribution in [2.75, 3.05) is 6.54 Å². The summed E-state index contributed by atoms with van der Waals surface area (Å²) in [7, 11) is 0. The quantitative estimate of drug-likeness (QED) is 0.180. The number of nitrogens with one attached hydrogen (secondary N) is 2. The summed E-state index contributed by atoms with van der Waals surface area (Å²) in [6.45, 7) is 0.868. The average molecular weight is 429 g/mol. The molecule has 0 bridgehead atoms. The van der Waals surface area contributed by atoms with Gasteiger partial charge in [0.25, 0.3) is 6.47 Å². The lowest BCUT2D eigenvalue weighted by Crippen LogP contribution is -2.36. The number of hydrogen-bond acceptors (Lipinski definition) is 9. The largest absolute Gasteiger partial charge is 0.444 e. The molecule has 2 rings (SSSR count). The van der Waals surface area contributed by atoms with Gasteiger partial charge in [-0.3, -0.25) is 25.2 Å². The van der Waals surface area contributed by atoms with E-state index in [2.05, 4.69) is 31.5 Å². The number of nitrogens with two attached hydrogens (primary N) is 1. The molecule has 2 unspecified atom stereocenters. The number of ether oxygens (including phenoxy) is 2. The lowest BCUT2D eigenvalue weighted by Gasteiger charge is -2.21. The van der Waals surface area contributed by atoms with Crippen molar-refractivity contribution in [2.45, 2.75) is 25.3 Å². The summed E-state index contributed by atoms with van der Waals surface area (Å²) in [5, 5.41) is 2.47. The highest BCUT2D eigenvalue weighted by Gasteiger charge is 2.25. The number of hydrogen-bond donors (Lipinski definition) is 3. The molecule has 1 aliphatic rings. The fourth-order valence-electron chi connectivity index (χ4n) is 2.07. The summed E-state index contributed by atoms with van der Waals surface area (Å²) in [6, 6.07) is 5.61. The van der Waals surface area contributed by atoms with Crippen molar-refractivity contribution in [1.82, 2.24) is 10.8 Å². The maximum Gasteiger partial charge on any atom is 0.330 e. The van der Waals surface area contributed by atoms with Crippen LogP contribution in [-0.4, -0.2) is 31.0 Å². The molecular formula is C16H18BrN3O6. The fourth-order valence-corrected chi connectivity index (χ4v) is 2.40. The first kappa shape index (κ1) is 18.5. The SMILES string of the molecule is [2H]C(NCC(=O)OC(=O)[C@H](C)N)(OC=O)c1ccccc1C1C=C(Br)NO1. The topological polar surface area (TPSA) is 129 Å². The third kappa shape index (κ3) is 5.36. The first-order valence-corrected chi connectivity index (χ1v) is 8.31. The van der Waals surface area contributed by atoms with Crippen LogP contribution in [0.25, 0.3) is 0 Å². The lowest BCUT2D eigenvalue weighted by atomic mass is 10.0. The Morgan fingerprint density at radius 1 is 1.54 bits per heavy atom. The van der Waals surface area contributed by atoms with Crippen LogP contribution in [0.1, 0.15) is 31.7 Å². The molecule has 140 valence electrons. The van der Waals surface area contributed by atoms with Gasteiger partial charge in [-0.15, -0.1) is 0 Å². The zero-order chi connectivity index (χ0) is 20.0. The van der Waals surface area contributed by atoms with Gasteiger partial charge in [0, 0.05) is 5.56 Å². The van der Waals surface area contributed by atoms with Crippen molar-refractivity contribution in [3.63, 3.8) is 0 Å². The van der Waals surface area contributed by atoms with Crippen molar-refractivity contribution >= 4 is 34.3 Å². The van der Waals surface area contributed by atoms with Crippen molar-refractivity contribution < 1.29 is 30.1 Å². The Morgan fingerprint density at radius 3 is 2.88 bits per heavy atom. The second kappa shape index (κ2) is 9.43. The van der Waals surface area contributed by atoms with Crippen LogP contribution in [0.4, 0.5) is 0 Å². The maximum absolute atomic E-state index is 11.8. The smallest absolute Gasteiger partial charge is 0.330 e. The third-order valence-corrected chi connectivity index (χ3v) is 3.66. The summed E-state index contributed by atoms with van der Waals surface area (Å²) in [5.74, 6) is -1.88. The van der Waals surface area contributed by atoms with Crippen molar-refractivity contribution in [2.24, 2.45) is 5.73 Å². The normalized spacial score (nSPS) is 20.0. The molecule has 0 saturated carbocycles. The molecule has 0 aromatic heterocycles. The van der Waals surface area contributed by atoms with Crippen LogP contribution in [0.5, 0.6) is 0 Å². The van der Waals surface area contributed by atoms with Crippen LogP contribution in [-0.2, 0) is 28.7 Å². The molecule has 4 N–H and O–H groups in total. The molecule has 0 spiro atoms. The average Bonchev–Trinajstić information content (AvgIpc) is 3.06. The number of esters is 2. The van der Waals surface area contributed by atoms with Gasteiger partial charge >= 0.3 is 11.9 Å². The number of carbonyl (C=O) groups is 3. The predicted molar refractivity (Wildman–Crippen MR) is 93.1 cm³/mol. The van der Waals surface area contributed by atoms with E-state index >= 15 is 0 Å². The monoisotopic (exact) mass is 428 g/mol. The third-order valence-electron chi connectivity index (χ3n) is 3.24. The summed E-state index contributed by atoms with van der Waals surface area (Å²) in [6.07, 6.45) is -0.986. The van der Waals surface area contributed by atoms with E-state index in [9.17, 15) is 14.4 Å². The molecule has 1 aromatic rings. The van der Waals surface area contributed by atoms with Gasteiger partial charge in [0.15, 0.2) is 6.20 Å². The zero-order valence-electron chi connectivity index (χ0n) is 14.7. The van der Waals surface area contributed by atoms with Gasteiger partial charge in [-0.2, -0.15) is 0 Å². The van der Waals surface area contributed by atoms with Gasteiger partial charge in [0.05, 0.1) is 7.92 Å². The highest BCUT2D eigenvalue weighted by molar-refractivity contribution is 9.11. The summed E-state index contributed by atoms with van der Waals surface area (Å²) in [5.41, 5.74) is 8.69. The molecule has 3 atom stereocenters. The van der Waals surface area contributed by atoms with Crippen molar-refractivity contribution in [3.05, 3.63) is 46.1 Å². The molecule has 1 aliphatic heterocycles.